The molecule has 2 fully saturated rings. The molecule has 2 N–H and O–H groups in total. The summed E-state index contributed by atoms with van der Waals surface area (Å²) in [6, 6.07) is 16.1. The van der Waals surface area contributed by atoms with Crippen LogP contribution in [0.4, 0.5) is 4.79 Å². The van der Waals surface area contributed by atoms with Crippen LogP contribution < -0.4 is 5.32 Å². The number of amides is 3. The first-order valence-corrected chi connectivity index (χ1v) is 18.4. The number of benzene rings is 2. The van der Waals surface area contributed by atoms with E-state index < -0.39 is 12.1 Å². The number of rotatable bonds is 10. The molecule has 0 radical (unpaired) electrons. The Balaban J connectivity index is 1.11. The van der Waals surface area contributed by atoms with Crippen LogP contribution in [0.2, 0.25) is 0 Å². The first-order chi connectivity index (χ1) is 23.1. The van der Waals surface area contributed by atoms with Crippen LogP contribution in [0.3, 0.4) is 0 Å². The first-order valence-electron chi connectivity index (χ1n) is 16.8. The molecule has 0 aliphatic carbocycles. The highest BCUT2D eigenvalue weighted by Gasteiger charge is 2.37. The van der Waals surface area contributed by atoms with Gasteiger partial charge in [0.05, 0.1) is 21.8 Å². The molecule has 2 aromatic carbocycles. The summed E-state index contributed by atoms with van der Waals surface area (Å²) in [6.07, 6.45) is 6.86. The van der Waals surface area contributed by atoms with E-state index in [0.29, 0.717) is 18.9 Å². The molecular formula is C37H43N5O4S2. The van der Waals surface area contributed by atoms with Crippen LogP contribution in [0.5, 0.6) is 0 Å². The fourth-order valence-corrected chi connectivity index (χ4v) is 8.85. The normalized spacial score (nSPS) is 18.5. The Kier molecular flexibility index (Phi) is 10.3. The van der Waals surface area contributed by atoms with E-state index >= 15 is 0 Å². The van der Waals surface area contributed by atoms with Gasteiger partial charge in [-0.3, -0.25) is 9.59 Å². The number of carbonyl (C=O) groups excluding carboxylic acids is 2. The van der Waals surface area contributed by atoms with Crippen LogP contribution in [0.25, 0.3) is 32.0 Å². The van der Waals surface area contributed by atoms with E-state index in [1.165, 1.54) is 0 Å². The minimum absolute atomic E-state index is 0.0837. The molecule has 2 aliphatic heterocycles. The molecule has 2 saturated heterocycles. The highest BCUT2D eigenvalue weighted by Crippen LogP contribution is 2.40. The van der Waals surface area contributed by atoms with E-state index in [-0.39, 0.29) is 29.8 Å². The smallest absolute Gasteiger partial charge is 0.405 e. The summed E-state index contributed by atoms with van der Waals surface area (Å²) in [6.45, 7) is 9.29. The summed E-state index contributed by atoms with van der Waals surface area (Å²) in [5.74, 6) is 0.237. The molecule has 4 aromatic rings. The lowest BCUT2D eigenvalue weighted by atomic mass is 10.0. The second kappa shape index (κ2) is 14.6. The Labute approximate surface area is 290 Å². The predicted octanol–water partition coefficient (Wildman–Crippen LogP) is 8.27. The molecular weight excluding hydrogens is 643 g/mol. The van der Waals surface area contributed by atoms with Crippen molar-refractivity contribution in [2.75, 3.05) is 13.1 Å². The van der Waals surface area contributed by atoms with Crippen LogP contribution in [0.1, 0.15) is 81.9 Å². The summed E-state index contributed by atoms with van der Waals surface area (Å²) < 4.78 is 0. The quantitative estimate of drug-likeness (QED) is 0.174. The maximum absolute atomic E-state index is 13.3. The summed E-state index contributed by atoms with van der Waals surface area (Å²) in [5, 5.41) is 13.6. The molecule has 6 rings (SSSR count). The van der Waals surface area contributed by atoms with Crippen LogP contribution in [-0.4, -0.2) is 61.9 Å². The van der Waals surface area contributed by atoms with Gasteiger partial charge in [0.2, 0.25) is 11.8 Å². The number of aromatic nitrogens is 2. The summed E-state index contributed by atoms with van der Waals surface area (Å²) in [4.78, 5) is 52.9. The monoisotopic (exact) mass is 685 g/mol. The number of hydrogen-bond donors (Lipinski definition) is 2. The lowest BCUT2D eigenvalue weighted by molar-refractivity contribution is -0.135. The van der Waals surface area contributed by atoms with E-state index in [1.54, 1.807) is 27.6 Å². The van der Waals surface area contributed by atoms with Crippen LogP contribution in [0, 0.1) is 11.8 Å². The lowest BCUT2D eigenvalue weighted by Crippen LogP contribution is -2.50. The van der Waals surface area contributed by atoms with Gasteiger partial charge in [-0.15, -0.1) is 22.7 Å². The SMILES string of the molecule is CC(C)CC(=O)N1CCC[C@H]1c1ncc(-c2ccc(-c3ccc(-c4cnc([C@@H]5CCCN5C(=O)[C@H](NC(=O)O)C(C)C)s4)cc3)cc2)s1. The topological polar surface area (TPSA) is 116 Å². The average Bonchev–Trinajstić information content (AvgIpc) is 3.89. The first kappa shape index (κ1) is 33.8. The molecule has 9 nitrogen and oxygen atoms in total. The van der Waals surface area contributed by atoms with Gasteiger partial charge < -0.3 is 20.2 Å². The van der Waals surface area contributed by atoms with Crippen molar-refractivity contribution in [1.29, 1.82) is 0 Å². The fourth-order valence-electron chi connectivity index (χ4n) is 6.71. The average molecular weight is 686 g/mol. The van der Waals surface area contributed by atoms with E-state index in [4.69, 9.17) is 9.97 Å². The van der Waals surface area contributed by atoms with Crippen molar-refractivity contribution >= 4 is 40.6 Å². The summed E-state index contributed by atoms with van der Waals surface area (Å²) in [5.41, 5.74) is 4.42. The Morgan fingerprint density at radius 3 is 1.69 bits per heavy atom. The largest absolute Gasteiger partial charge is 0.465 e. The summed E-state index contributed by atoms with van der Waals surface area (Å²) >= 11 is 3.27. The molecule has 48 heavy (non-hydrogen) atoms. The molecule has 2 aromatic heterocycles. The molecule has 3 atom stereocenters. The zero-order chi connectivity index (χ0) is 33.9. The van der Waals surface area contributed by atoms with Crippen LogP contribution >= 0.6 is 22.7 Å². The number of nitrogens with one attached hydrogen (secondary N) is 1. The highest BCUT2D eigenvalue weighted by molar-refractivity contribution is 7.15. The molecule has 2 aliphatic rings. The van der Waals surface area contributed by atoms with Gasteiger partial charge in [0.15, 0.2) is 0 Å². The third-order valence-corrected chi connectivity index (χ3v) is 11.5. The van der Waals surface area contributed by atoms with Crippen molar-refractivity contribution in [3.8, 4) is 32.0 Å². The Morgan fingerprint density at radius 2 is 1.23 bits per heavy atom. The standard InChI is InChI=1S/C37H43N5O4S2/c1-22(2)19-32(43)41-17-5-7-28(41)34-38-20-30(47-34)26-13-9-24(10-14-26)25-11-15-27(16-12-25)31-21-39-35(48-31)29-8-6-18-42(29)36(44)33(23(3)4)40-37(45)46/h9-16,20-23,28-29,33,40H,5-8,17-19H2,1-4H3,(H,45,46)/t28-,29-,33+/m0/s1. The van der Waals surface area contributed by atoms with Crippen molar-refractivity contribution in [2.45, 2.75) is 77.9 Å². The van der Waals surface area contributed by atoms with Crippen molar-refractivity contribution in [3.05, 3.63) is 70.9 Å². The Bertz CT molecular complexity index is 1750. The molecule has 11 heteroatoms. The van der Waals surface area contributed by atoms with Gasteiger partial charge in [-0.25, -0.2) is 14.8 Å². The van der Waals surface area contributed by atoms with Crippen molar-refractivity contribution in [3.63, 3.8) is 0 Å². The molecule has 252 valence electrons. The van der Waals surface area contributed by atoms with Crippen molar-refractivity contribution < 1.29 is 19.5 Å². The van der Waals surface area contributed by atoms with Crippen LogP contribution in [-0.2, 0) is 9.59 Å². The third-order valence-electron chi connectivity index (χ3n) is 9.19. The zero-order valence-corrected chi connectivity index (χ0v) is 29.5. The van der Waals surface area contributed by atoms with Gasteiger partial charge in [-0.1, -0.05) is 76.2 Å². The third kappa shape index (κ3) is 7.32. The second-order valence-electron chi connectivity index (χ2n) is 13.5. The van der Waals surface area contributed by atoms with E-state index in [0.717, 1.165) is 74.3 Å². The van der Waals surface area contributed by atoms with E-state index in [2.05, 4.69) is 67.7 Å². The number of carbonyl (C=O) groups is 3. The molecule has 0 saturated carbocycles. The van der Waals surface area contributed by atoms with Crippen molar-refractivity contribution in [1.82, 2.24) is 25.1 Å². The Hall–Kier alpha value is -4.09. The molecule has 0 bridgehead atoms. The zero-order valence-electron chi connectivity index (χ0n) is 27.9. The number of nitrogens with zero attached hydrogens (tertiary/aromatic N) is 4. The van der Waals surface area contributed by atoms with Gasteiger partial charge in [-0.05, 0) is 59.8 Å². The van der Waals surface area contributed by atoms with Crippen LogP contribution in [0.15, 0.2) is 60.9 Å². The number of carboxylic acid groups (broad SMARTS) is 1. The number of thiazole rings is 2. The maximum Gasteiger partial charge on any atom is 0.405 e. The van der Waals surface area contributed by atoms with Gasteiger partial charge in [0.1, 0.15) is 16.1 Å². The number of hydrogen-bond acceptors (Lipinski definition) is 7. The molecule has 4 heterocycles. The minimum atomic E-state index is -1.19. The van der Waals surface area contributed by atoms with Crippen molar-refractivity contribution in [2.24, 2.45) is 11.8 Å². The maximum atomic E-state index is 13.3. The highest BCUT2D eigenvalue weighted by atomic mass is 32.1. The van der Waals surface area contributed by atoms with Gasteiger partial charge in [0.25, 0.3) is 0 Å². The second-order valence-corrected chi connectivity index (χ2v) is 15.6. The lowest BCUT2D eigenvalue weighted by Gasteiger charge is -2.29. The van der Waals surface area contributed by atoms with E-state index in [9.17, 15) is 19.5 Å². The predicted molar refractivity (Wildman–Crippen MR) is 191 cm³/mol. The van der Waals surface area contributed by atoms with Gasteiger partial charge in [0, 0.05) is 31.9 Å². The molecule has 0 spiro atoms. The minimum Gasteiger partial charge on any atom is -0.465 e. The molecule has 3 amide bonds. The fraction of sp³-hybridized carbons (Fsp3) is 0.432. The van der Waals surface area contributed by atoms with Gasteiger partial charge in [-0.2, -0.15) is 0 Å². The number of likely N-dealkylation sites (tertiary alicyclic amines) is 2. The molecule has 0 unspecified atom stereocenters. The van der Waals surface area contributed by atoms with E-state index in [1.807, 2.05) is 31.1 Å². The Morgan fingerprint density at radius 1 is 0.771 bits per heavy atom. The summed E-state index contributed by atoms with van der Waals surface area (Å²) in [7, 11) is 0. The van der Waals surface area contributed by atoms with Gasteiger partial charge >= 0.3 is 6.09 Å².